The van der Waals surface area contributed by atoms with Crippen LogP contribution in [-0.2, 0) is 16.6 Å². The van der Waals surface area contributed by atoms with Crippen LogP contribution in [0.3, 0.4) is 0 Å². The lowest BCUT2D eigenvalue weighted by Gasteiger charge is -2.08. The van der Waals surface area contributed by atoms with Crippen LogP contribution in [-0.4, -0.2) is 25.0 Å². The molecule has 0 fully saturated rings. The molecule has 1 aromatic rings. The predicted octanol–water partition coefficient (Wildman–Crippen LogP) is 1.56. The van der Waals surface area contributed by atoms with E-state index in [4.69, 9.17) is 11.6 Å². The Balaban J connectivity index is 2.87. The van der Waals surface area contributed by atoms with Crippen molar-refractivity contribution in [2.45, 2.75) is 13.5 Å². The summed E-state index contributed by atoms with van der Waals surface area (Å²) in [5.74, 6) is -0.175. The highest BCUT2D eigenvalue weighted by molar-refractivity contribution is 7.89. The molecule has 0 aliphatic rings. The van der Waals surface area contributed by atoms with Crippen molar-refractivity contribution in [2.75, 3.05) is 11.6 Å². The molecule has 1 N–H and O–H groups in total. The molecule has 0 bridgehead atoms. The third kappa shape index (κ3) is 3.94. The number of sulfonamides is 1. The lowest BCUT2D eigenvalue weighted by molar-refractivity contribution is -0.385. The summed E-state index contributed by atoms with van der Waals surface area (Å²) < 4.78 is 25.2. The van der Waals surface area contributed by atoms with Gasteiger partial charge in [0.2, 0.25) is 10.0 Å². The Labute approximate surface area is 110 Å². The van der Waals surface area contributed by atoms with Gasteiger partial charge >= 0.3 is 0 Å². The first-order valence-corrected chi connectivity index (χ1v) is 7.32. The summed E-state index contributed by atoms with van der Waals surface area (Å²) in [7, 11) is -3.43. The van der Waals surface area contributed by atoms with Crippen molar-refractivity contribution in [2.24, 2.45) is 0 Å². The first-order chi connectivity index (χ1) is 8.37. The van der Waals surface area contributed by atoms with Gasteiger partial charge in [0.25, 0.3) is 5.69 Å². The van der Waals surface area contributed by atoms with Gasteiger partial charge in [-0.15, -0.1) is 11.6 Å². The van der Waals surface area contributed by atoms with E-state index < -0.39 is 14.9 Å². The van der Waals surface area contributed by atoms with Crippen LogP contribution in [0.25, 0.3) is 0 Å². The summed E-state index contributed by atoms with van der Waals surface area (Å²) in [6.45, 7) is 1.61. The molecule has 0 saturated heterocycles. The van der Waals surface area contributed by atoms with Crippen molar-refractivity contribution < 1.29 is 13.3 Å². The van der Waals surface area contributed by atoms with Gasteiger partial charge in [-0.2, -0.15) is 0 Å². The van der Waals surface area contributed by atoms with E-state index in [0.717, 1.165) is 0 Å². The highest BCUT2D eigenvalue weighted by Gasteiger charge is 2.15. The van der Waals surface area contributed by atoms with Gasteiger partial charge in [0, 0.05) is 24.1 Å². The molecule has 8 heteroatoms. The number of nitro groups is 1. The fourth-order valence-corrected chi connectivity index (χ4v) is 2.75. The van der Waals surface area contributed by atoms with Crippen LogP contribution in [0.4, 0.5) is 5.69 Å². The summed E-state index contributed by atoms with van der Waals surface area (Å²) in [4.78, 5) is 10.2. The predicted molar refractivity (Wildman–Crippen MR) is 69.2 cm³/mol. The maximum Gasteiger partial charge on any atom is 0.272 e. The van der Waals surface area contributed by atoms with Crippen LogP contribution >= 0.6 is 11.6 Å². The van der Waals surface area contributed by atoms with Crippen LogP contribution in [0, 0.1) is 17.0 Å². The zero-order chi connectivity index (χ0) is 13.8. The summed E-state index contributed by atoms with van der Waals surface area (Å²) in [6.07, 6.45) is 0. The second-order valence-electron chi connectivity index (χ2n) is 3.65. The number of hydrogen-bond donors (Lipinski definition) is 1. The largest absolute Gasteiger partial charge is 0.272 e. The first kappa shape index (κ1) is 14.9. The third-order valence-corrected chi connectivity index (χ3v) is 4.18. The molecule has 0 spiro atoms. The van der Waals surface area contributed by atoms with Crippen molar-refractivity contribution in [1.82, 2.24) is 4.72 Å². The molecule has 0 heterocycles. The van der Waals surface area contributed by atoms with E-state index in [1.165, 1.54) is 12.1 Å². The number of nitrogens with one attached hydrogen (secondary N) is 1. The minimum Gasteiger partial charge on any atom is -0.258 e. The van der Waals surface area contributed by atoms with Crippen molar-refractivity contribution in [3.05, 3.63) is 39.4 Å². The average Bonchev–Trinajstić information content (AvgIpc) is 2.27. The number of benzene rings is 1. The standard InChI is InChI=1S/C10H13ClN2O4S/c1-8-9(3-2-4-10(8)13(14)15)7-12-18(16,17)6-5-11/h2-4,12H,5-7H2,1H3. The molecule has 0 amide bonds. The maximum atomic E-state index is 11.4. The maximum absolute atomic E-state index is 11.4. The molecular formula is C10H13ClN2O4S. The Morgan fingerprint density at radius 3 is 2.67 bits per heavy atom. The lowest BCUT2D eigenvalue weighted by atomic mass is 10.1. The van der Waals surface area contributed by atoms with Gasteiger partial charge in [0.05, 0.1) is 10.7 Å². The summed E-state index contributed by atoms with van der Waals surface area (Å²) >= 11 is 5.36. The van der Waals surface area contributed by atoms with E-state index in [1.54, 1.807) is 13.0 Å². The van der Waals surface area contributed by atoms with Gasteiger partial charge in [-0.1, -0.05) is 12.1 Å². The topological polar surface area (TPSA) is 89.3 Å². The molecular weight excluding hydrogens is 280 g/mol. The van der Waals surface area contributed by atoms with Gasteiger partial charge in [-0.3, -0.25) is 10.1 Å². The summed E-state index contributed by atoms with van der Waals surface area (Å²) in [5, 5.41) is 10.7. The van der Waals surface area contributed by atoms with Crippen molar-refractivity contribution in [3.63, 3.8) is 0 Å². The lowest BCUT2D eigenvalue weighted by Crippen LogP contribution is -2.26. The van der Waals surface area contributed by atoms with Gasteiger partial charge in [-0.05, 0) is 12.5 Å². The van der Waals surface area contributed by atoms with Gasteiger partial charge in [-0.25, -0.2) is 13.1 Å². The highest BCUT2D eigenvalue weighted by Crippen LogP contribution is 2.20. The van der Waals surface area contributed by atoms with Gasteiger partial charge in [0.1, 0.15) is 0 Å². The molecule has 1 rings (SSSR count). The van der Waals surface area contributed by atoms with Crippen LogP contribution in [0.1, 0.15) is 11.1 Å². The molecule has 0 atom stereocenters. The van der Waals surface area contributed by atoms with E-state index in [0.29, 0.717) is 11.1 Å². The fourth-order valence-electron chi connectivity index (χ4n) is 1.42. The smallest absolute Gasteiger partial charge is 0.258 e. The van der Waals surface area contributed by atoms with Crippen molar-refractivity contribution >= 4 is 27.3 Å². The monoisotopic (exact) mass is 292 g/mol. The summed E-state index contributed by atoms with van der Waals surface area (Å²) in [6, 6.07) is 4.55. The fraction of sp³-hybridized carbons (Fsp3) is 0.400. The number of alkyl halides is 1. The van der Waals surface area contributed by atoms with Crippen LogP contribution < -0.4 is 4.72 Å². The second kappa shape index (κ2) is 6.12. The molecule has 100 valence electrons. The second-order valence-corrected chi connectivity index (χ2v) is 5.95. The van der Waals surface area contributed by atoms with Crippen molar-refractivity contribution in [3.8, 4) is 0 Å². The Kier molecular flexibility index (Phi) is 5.06. The molecule has 0 aliphatic carbocycles. The normalized spacial score (nSPS) is 11.4. The van der Waals surface area contributed by atoms with Crippen molar-refractivity contribution in [1.29, 1.82) is 0 Å². The van der Waals surface area contributed by atoms with E-state index >= 15 is 0 Å². The summed E-state index contributed by atoms with van der Waals surface area (Å²) in [5.41, 5.74) is 1.00. The first-order valence-electron chi connectivity index (χ1n) is 5.13. The minimum atomic E-state index is -3.43. The molecule has 0 aromatic heterocycles. The van der Waals surface area contributed by atoms with Crippen LogP contribution in [0.15, 0.2) is 18.2 Å². The Morgan fingerprint density at radius 1 is 1.44 bits per heavy atom. The zero-order valence-corrected chi connectivity index (χ0v) is 11.3. The molecule has 6 nitrogen and oxygen atoms in total. The number of nitrogens with zero attached hydrogens (tertiary/aromatic N) is 1. The van der Waals surface area contributed by atoms with Crippen LogP contribution in [0.2, 0.25) is 0 Å². The van der Waals surface area contributed by atoms with Gasteiger partial charge < -0.3 is 0 Å². The highest BCUT2D eigenvalue weighted by atomic mass is 35.5. The molecule has 0 unspecified atom stereocenters. The van der Waals surface area contributed by atoms with E-state index in [1.807, 2.05) is 0 Å². The Bertz CT molecular complexity index is 545. The molecule has 0 saturated carbocycles. The van der Waals surface area contributed by atoms with E-state index in [-0.39, 0.29) is 23.9 Å². The van der Waals surface area contributed by atoms with Crippen LogP contribution in [0.5, 0.6) is 0 Å². The van der Waals surface area contributed by atoms with Gasteiger partial charge in [0.15, 0.2) is 0 Å². The number of rotatable bonds is 6. The molecule has 1 aromatic carbocycles. The molecule has 18 heavy (non-hydrogen) atoms. The minimum absolute atomic E-state index is 0.00323. The zero-order valence-electron chi connectivity index (χ0n) is 9.72. The number of hydrogen-bond acceptors (Lipinski definition) is 4. The Morgan fingerprint density at radius 2 is 2.11 bits per heavy atom. The average molecular weight is 293 g/mol. The quantitative estimate of drug-likeness (QED) is 0.489. The Hall–Kier alpha value is -1.18. The SMILES string of the molecule is Cc1c(CNS(=O)(=O)CCCl)cccc1[N+](=O)[O-]. The van der Waals surface area contributed by atoms with E-state index in [9.17, 15) is 18.5 Å². The van der Waals surface area contributed by atoms with E-state index in [2.05, 4.69) is 4.72 Å². The molecule has 0 aliphatic heterocycles. The number of halogens is 1. The third-order valence-electron chi connectivity index (χ3n) is 2.44. The molecule has 0 radical (unpaired) electrons. The number of nitro benzene ring substituents is 1.